The van der Waals surface area contributed by atoms with Gasteiger partial charge in [0.15, 0.2) is 17.1 Å². The largest absolute Gasteiger partial charge is 0.483 e. The number of benzene rings is 2. The van der Waals surface area contributed by atoms with Crippen LogP contribution < -0.4 is 4.74 Å². The minimum absolute atomic E-state index is 0.159. The number of rotatable bonds is 6. The van der Waals surface area contributed by atoms with Crippen molar-refractivity contribution in [2.75, 3.05) is 0 Å². The third kappa shape index (κ3) is 4.42. The van der Waals surface area contributed by atoms with Gasteiger partial charge in [0.2, 0.25) is 0 Å². The van der Waals surface area contributed by atoms with Crippen LogP contribution in [-0.2, 0) is 12.8 Å². The summed E-state index contributed by atoms with van der Waals surface area (Å²) in [4.78, 5) is 0. The molecule has 5 heteroatoms. The van der Waals surface area contributed by atoms with E-state index in [4.69, 9.17) is 4.74 Å². The topological polar surface area (TPSA) is 39.9 Å². The van der Waals surface area contributed by atoms with Crippen molar-refractivity contribution in [2.24, 2.45) is 7.05 Å². The van der Waals surface area contributed by atoms with E-state index >= 15 is 0 Å². The lowest BCUT2D eigenvalue weighted by atomic mass is 10.2. The first kappa shape index (κ1) is 17.5. The van der Waals surface area contributed by atoms with Crippen LogP contribution in [-0.4, -0.2) is 14.8 Å². The van der Waals surface area contributed by atoms with Gasteiger partial charge < -0.3 is 9.30 Å². The first-order chi connectivity index (χ1) is 12.0. The SMILES string of the molecule is Cc1ccc(OC(C)c2nnc(SCc3cccc(C)c3)n2C)cc1. The Morgan fingerprint density at radius 2 is 1.80 bits per heavy atom. The van der Waals surface area contributed by atoms with Crippen LogP contribution >= 0.6 is 11.8 Å². The number of aromatic nitrogens is 3. The number of hydrogen-bond donors (Lipinski definition) is 0. The van der Waals surface area contributed by atoms with Gasteiger partial charge in [-0.05, 0) is 38.5 Å². The molecule has 4 nitrogen and oxygen atoms in total. The predicted molar refractivity (Wildman–Crippen MR) is 102 cm³/mol. The molecule has 130 valence electrons. The highest BCUT2D eigenvalue weighted by molar-refractivity contribution is 7.98. The summed E-state index contributed by atoms with van der Waals surface area (Å²) in [6, 6.07) is 16.6. The highest BCUT2D eigenvalue weighted by Gasteiger charge is 2.17. The molecule has 3 aromatic rings. The van der Waals surface area contributed by atoms with Crippen LogP contribution in [0.3, 0.4) is 0 Å². The quantitative estimate of drug-likeness (QED) is 0.593. The highest BCUT2D eigenvalue weighted by Crippen LogP contribution is 2.25. The number of hydrogen-bond acceptors (Lipinski definition) is 4. The Kier molecular flexibility index (Phi) is 5.43. The minimum atomic E-state index is -0.159. The first-order valence-electron chi connectivity index (χ1n) is 8.34. The molecule has 0 saturated carbocycles. The first-order valence-corrected chi connectivity index (χ1v) is 9.32. The molecule has 1 atom stereocenters. The Morgan fingerprint density at radius 3 is 2.52 bits per heavy atom. The molecule has 0 spiro atoms. The molecule has 0 aliphatic heterocycles. The van der Waals surface area contributed by atoms with Gasteiger partial charge in [-0.3, -0.25) is 0 Å². The maximum atomic E-state index is 6.00. The van der Waals surface area contributed by atoms with Crippen molar-refractivity contribution in [3.8, 4) is 5.75 Å². The lowest BCUT2D eigenvalue weighted by Crippen LogP contribution is -2.10. The summed E-state index contributed by atoms with van der Waals surface area (Å²) in [6.45, 7) is 6.17. The standard InChI is InChI=1S/C20H23N3OS/c1-14-8-10-18(11-9-14)24-16(3)19-21-22-20(23(19)4)25-13-17-7-5-6-15(2)12-17/h5-12,16H,13H2,1-4H3. The van der Waals surface area contributed by atoms with Gasteiger partial charge in [-0.25, -0.2) is 0 Å². The van der Waals surface area contributed by atoms with Crippen LogP contribution in [0.2, 0.25) is 0 Å². The molecule has 3 rings (SSSR count). The molecule has 1 heterocycles. The molecule has 2 aromatic carbocycles. The van der Waals surface area contributed by atoms with Gasteiger partial charge in [-0.2, -0.15) is 0 Å². The molecule has 0 N–H and O–H groups in total. The fourth-order valence-corrected chi connectivity index (χ4v) is 3.49. The summed E-state index contributed by atoms with van der Waals surface area (Å²) in [5.74, 6) is 2.54. The van der Waals surface area contributed by atoms with E-state index in [1.807, 2.05) is 42.8 Å². The van der Waals surface area contributed by atoms with Crippen molar-refractivity contribution in [1.29, 1.82) is 0 Å². The molecule has 1 aromatic heterocycles. The fraction of sp³-hybridized carbons (Fsp3) is 0.300. The normalized spacial score (nSPS) is 12.2. The average Bonchev–Trinajstić information content (AvgIpc) is 2.96. The second-order valence-electron chi connectivity index (χ2n) is 6.25. The Balaban J connectivity index is 1.66. The van der Waals surface area contributed by atoms with Crippen molar-refractivity contribution in [2.45, 2.75) is 37.8 Å². The van der Waals surface area contributed by atoms with Crippen LogP contribution in [0.25, 0.3) is 0 Å². The number of nitrogens with zero attached hydrogens (tertiary/aromatic N) is 3. The van der Waals surface area contributed by atoms with E-state index < -0.39 is 0 Å². The zero-order valence-corrected chi connectivity index (χ0v) is 15.9. The van der Waals surface area contributed by atoms with Gasteiger partial charge in [0, 0.05) is 12.8 Å². The zero-order valence-electron chi connectivity index (χ0n) is 15.1. The van der Waals surface area contributed by atoms with Gasteiger partial charge in [0.25, 0.3) is 0 Å². The van der Waals surface area contributed by atoms with E-state index in [0.29, 0.717) is 0 Å². The van der Waals surface area contributed by atoms with Gasteiger partial charge in [0.05, 0.1) is 0 Å². The van der Waals surface area contributed by atoms with Crippen LogP contribution in [0, 0.1) is 13.8 Å². The van der Waals surface area contributed by atoms with Crippen molar-refractivity contribution in [1.82, 2.24) is 14.8 Å². The molecule has 1 unspecified atom stereocenters. The lowest BCUT2D eigenvalue weighted by Gasteiger charge is -2.14. The summed E-state index contributed by atoms with van der Waals surface area (Å²) < 4.78 is 8.01. The van der Waals surface area contributed by atoms with Crippen molar-refractivity contribution >= 4 is 11.8 Å². The molecule has 0 bridgehead atoms. The van der Waals surface area contributed by atoms with Crippen molar-refractivity contribution < 1.29 is 4.74 Å². The number of ether oxygens (including phenoxy) is 1. The average molecular weight is 353 g/mol. The Bertz CT molecular complexity index is 842. The van der Waals surface area contributed by atoms with Crippen LogP contribution in [0.5, 0.6) is 5.75 Å². The Morgan fingerprint density at radius 1 is 1.04 bits per heavy atom. The summed E-state index contributed by atoms with van der Waals surface area (Å²) in [7, 11) is 1.99. The van der Waals surface area contributed by atoms with Crippen molar-refractivity contribution in [3.05, 3.63) is 71.0 Å². The Labute approximate surface area is 153 Å². The molecule has 0 saturated heterocycles. The molecular weight excluding hydrogens is 330 g/mol. The molecule has 0 amide bonds. The van der Waals surface area contributed by atoms with Gasteiger partial charge in [-0.1, -0.05) is 59.3 Å². The maximum absolute atomic E-state index is 6.00. The molecule has 0 aliphatic rings. The van der Waals surface area contributed by atoms with Gasteiger partial charge in [-0.15, -0.1) is 10.2 Å². The predicted octanol–water partition coefficient (Wildman–Crippen LogP) is 4.86. The third-order valence-corrected chi connectivity index (χ3v) is 5.11. The van der Waals surface area contributed by atoms with Crippen molar-refractivity contribution in [3.63, 3.8) is 0 Å². The Hall–Kier alpha value is -2.27. The minimum Gasteiger partial charge on any atom is -0.483 e. The maximum Gasteiger partial charge on any atom is 0.191 e. The van der Waals surface area contributed by atoms with E-state index in [0.717, 1.165) is 22.5 Å². The monoisotopic (exact) mass is 353 g/mol. The van der Waals surface area contributed by atoms with E-state index in [9.17, 15) is 0 Å². The van der Waals surface area contributed by atoms with E-state index in [2.05, 4.69) is 48.3 Å². The third-order valence-electron chi connectivity index (χ3n) is 4.02. The second kappa shape index (κ2) is 7.74. The second-order valence-corrected chi connectivity index (χ2v) is 7.19. The summed E-state index contributed by atoms with van der Waals surface area (Å²) in [5.41, 5.74) is 3.78. The lowest BCUT2D eigenvalue weighted by molar-refractivity contribution is 0.211. The van der Waals surface area contributed by atoms with E-state index in [1.165, 1.54) is 16.7 Å². The number of aryl methyl sites for hydroxylation is 2. The number of thioether (sulfide) groups is 1. The summed E-state index contributed by atoms with van der Waals surface area (Å²) >= 11 is 1.69. The molecular formula is C20H23N3OS. The van der Waals surface area contributed by atoms with Crippen LogP contribution in [0.15, 0.2) is 53.7 Å². The molecule has 0 aliphatic carbocycles. The summed E-state index contributed by atoms with van der Waals surface area (Å²) in [5, 5.41) is 9.55. The highest BCUT2D eigenvalue weighted by atomic mass is 32.2. The fourth-order valence-electron chi connectivity index (χ4n) is 2.63. The van der Waals surface area contributed by atoms with Crippen LogP contribution in [0.1, 0.15) is 35.5 Å². The zero-order chi connectivity index (χ0) is 17.8. The molecule has 25 heavy (non-hydrogen) atoms. The smallest absolute Gasteiger partial charge is 0.191 e. The van der Waals surface area contributed by atoms with Gasteiger partial charge in [0.1, 0.15) is 5.75 Å². The van der Waals surface area contributed by atoms with E-state index in [1.54, 1.807) is 11.8 Å². The molecule has 0 fully saturated rings. The van der Waals surface area contributed by atoms with Gasteiger partial charge >= 0.3 is 0 Å². The summed E-state index contributed by atoms with van der Waals surface area (Å²) in [6.07, 6.45) is -0.159. The van der Waals surface area contributed by atoms with E-state index in [-0.39, 0.29) is 6.10 Å². The molecule has 0 radical (unpaired) electrons. The van der Waals surface area contributed by atoms with Crippen LogP contribution in [0.4, 0.5) is 0 Å².